The molecule has 1 atom stereocenters. The predicted molar refractivity (Wildman–Crippen MR) is 79.8 cm³/mol. The Morgan fingerprint density at radius 1 is 1.55 bits per heavy atom. The Balaban J connectivity index is 2.18. The van der Waals surface area contributed by atoms with Crippen molar-refractivity contribution < 1.29 is 4.79 Å². The van der Waals surface area contributed by atoms with Gasteiger partial charge in [0.1, 0.15) is 5.69 Å². The summed E-state index contributed by atoms with van der Waals surface area (Å²) in [6.45, 7) is 8.78. The zero-order chi connectivity index (χ0) is 14.9. The van der Waals surface area contributed by atoms with E-state index in [0.717, 1.165) is 23.5 Å². The molecule has 0 unspecified atom stereocenters. The number of nitrogen functional groups attached to an aromatic ring is 1. The van der Waals surface area contributed by atoms with Gasteiger partial charge in [0.05, 0.1) is 11.7 Å². The molecule has 3 N–H and O–H groups in total. The lowest BCUT2D eigenvalue weighted by molar-refractivity contribution is 0.0935. The van der Waals surface area contributed by atoms with Crippen molar-refractivity contribution in [2.24, 2.45) is 0 Å². The van der Waals surface area contributed by atoms with E-state index < -0.39 is 0 Å². The topological polar surface area (TPSA) is 85.8 Å². The number of anilines is 1. The van der Waals surface area contributed by atoms with Crippen LogP contribution >= 0.6 is 11.3 Å². The summed E-state index contributed by atoms with van der Waals surface area (Å²) in [5.74, 6) is -0.214. The Kier molecular flexibility index (Phi) is 4.08. The fourth-order valence-electron chi connectivity index (χ4n) is 2.38. The number of aromatic nitrogens is 3. The van der Waals surface area contributed by atoms with E-state index in [4.69, 9.17) is 5.73 Å². The van der Waals surface area contributed by atoms with E-state index in [2.05, 4.69) is 15.4 Å². The van der Waals surface area contributed by atoms with Gasteiger partial charge in [0.15, 0.2) is 5.13 Å². The Hall–Kier alpha value is -1.89. The summed E-state index contributed by atoms with van der Waals surface area (Å²) in [5, 5.41) is 9.46. The number of aryl methyl sites for hydroxylation is 2. The number of carbonyl (C=O) groups is 1. The zero-order valence-corrected chi connectivity index (χ0v) is 12.9. The molecule has 2 heterocycles. The van der Waals surface area contributed by atoms with Crippen molar-refractivity contribution in [3.8, 4) is 0 Å². The molecule has 0 radical (unpaired) electrons. The highest BCUT2D eigenvalue weighted by Crippen LogP contribution is 2.22. The third-order valence-corrected chi connectivity index (χ3v) is 3.95. The second-order valence-corrected chi connectivity index (χ2v) is 5.56. The van der Waals surface area contributed by atoms with Gasteiger partial charge in [-0.15, -0.1) is 11.3 Å². The Morgan fingerprint density at radius 3 is 2.75 bits per heavy atom. The molecular formula is C13H19N5OS. The molecule has 0 aromatic carbocycles. The summed E-state index contributed by atoms with van der Waals surface area (Å²) in [7, 11) is 0. The lowest BCUT2D eigenvalue weighted by Crippen LogP contribution is -2.27. The maximum Gasteiger partial charge on any atom is 0.271 e. The molecule has 0 bridgehead atoms. The third kappa shape index (κ3) is 2.67. The molecule has 0 saturated carbocycles. The van der Waals surface area contributed by atoms with Crippen molar-refractivity contribution in [3.63, 3.8) is 0 Å². The van der Waals surface area contributed by atoms with Crippen LogP contribution < -0.4 is 11.1 Å². The molecule has 0 aliphatic rings. The van der Waals surface area contributed by atoms with Crippen LogP contribution in [-0.4, -0.2) is 20.7 Å². The van der Waals surface area contributed by atoms with Crippen molar-refractivity contribution in [3.05, 3.63) is 28.0 Å². The van der Waals surface area contributed by atoms with E-state index in [-0.39, 0.29) is 11.9 Å². The van der Waals surface area contributed by atoms with E-state index in [9.17, 15) is 4.79 Å². The maximum absolute atomic E-state index is 12.1. The predicted octanol–water partition coefficient (Wildman–Crippen LogP) is 2.05. The third-order valence-electron chi connectivity index (χ3n) is 3.27. The minimum atomic E-state index is -0.214. The molecule has 0 spiro atoms. The SMILES string of the molecule is CCn1nc(C)c([C@@H](C)NC(=O)c2csc(N)n2)c1C. The molecule has 0 saturated heterocycles. The second-order valence-electron chi connectivity index (χ2n) is 4.67. The van der Waals surface area contributed by atoms with Gasteiger partial charge in [0.25, 0.3) is 5.91 Å². The highest BCUT2D eigenvalue weighted by Gasteiger charge is 2.20. The summed E-state index contributed by atoms with van der Waals surface area (Å²) in [4.78, 5) is 16.1. The van der Waals surface area contributed by atoms with Gasteiger partial charge in [0.2, 0.25) is 0 Å². The number of carbonyl (C=O) groups excluding carboxylic acids is 1. The molecule has 2 rings (SSSR count). The first-order valence-electron chi connectivity index (χ1n) is 6.49. The number of rotatable bonds is 4. The van der Waals surface area contributed by atoms with Crippen LogP contribution in [0.25, 0.3) is 0 Å². The Bertz CT molecular complexity index is 631. The molecular weight excluding hydrogens is 274 g/mol. The number of hydrogen-bond donors (Lipinski definition) is 2. The van der Waals surface area contributed by atoms with Crippen LogP contribution in [0.15, 0.2) is 5.38 Å². The highest BCUT2D eigenvalue weighted by atomic mass is 32.1. The Labute approximate surface area is 122 Å². The van der Waals surface area contributed by atoms with Crippen LogP contribution in [0, 0.1) is 13.8 Å². The number of nitrogens with two attached hydrogens (primary N) is 1. The van der Waals surface area contributed by atoms with Gasteiger partial charge >= 0.3 is 0 Å². The monoisotopic (exact) mass is 293 g/mol. The van der Waals surface area contributed by atoms with E-state index in [1.165, 1.54) is 11.3 Å². The van der Waals surface area contributed by atoms with Crippen molar-refractivity contribution in [2.75, 3.05) is 5.73 Å². The molecule has 20 heavy (non-hydrogen) atoms. The highest BCUT2D eigenvalue weighted by molar-refractivity contribution is 7.13. The van der Waals surface area contributed by atoms with Crippen molar-refractivity contribution in [1.82, 2.24) is 20.1 Å². The summed E-state index contributed by atoms with van der Waals surface area (Å²) >= 11 is 1.26. The van der Waals surface area contributed by atoms with E-state index in [1.54, 1.807) is 5.38 Å². The Morgan fingerprint density at radius 2 is 2.25 bits per heavy atom. The fraction of sp³-hybridized carbons (Fsp3) is 0.462. The van der Waals surface area contributed by atoms with Gasteiger partial charge in [-0.25, -0.2) is 4.98 Å². The first-order chi connectivity index (χ1) is 9.43. The normalized spacial score (nSPS) is 12.4. The standard InChI is InChI=1S/C13H19N5OS/c1-5-18-9(4)11(8(3)17-18)7(2)15-12(19)10-6-20-13(14)16-10/h6-7H,5H2,1-4H3,(H2,14,16)(H,15,19)/t7-/m1/s1. The fourth-order valence-corrected chi connectivity index (χ4v) is 2.92. The van der Waals surface area contributed by atoms with Crippen LogP contribution in [0.4, 0.5) is 5.13 Å². The minimum absolute atomic E-state index is 0.120. The summed E-state index contributed by atoms with van der Waals surface area (Å²) < 4.78 is 1.94. The van der Waals surface area contributed by atoms with Gasteiger partial charge in [-0.1, -0.05) is 0 Å². The van der Waals surface area contributed by atoms with Crippen LogP contribution in [0.5, 0.6) is 0 Å². The van der Waals surface area contributed by atoms with Crippen molar-refractivity contribution in [2.45, 2.75) is 40.3 Å². The summed E-state index contributed by atoms with van der Waals surface area (Å²) in [6.07, 6.45) is 0. The first kappa shape index (κ1) is 14.5. The molecule has 0 fully saturated rings. The second kappa shape index (κ2) is 5.62. The van der Waals surface area contributed by atoms with Gasteiger partial charge in [0, 0.05) is 23.2 Å². The first-order valence-corrected chi connectivity index (χ1v) is 7.37. The molecule has 1 amide bonds. The zero-order valence-electron chi connectivity index (χ0n) is 12.1. The summed E-state index contributed by atoms with van der Waals surface area (Å²) in [6, 6.07) is -0.120. The summed E-state index contributed by atoms with van der Waals surface area (Å²) in [5.41, 5.74) is 8.98. The van der Waals surface area contributed by atoms with Crippen molar-refractivity contribution >= 4 is 22.4 Å². The number of nitrogens with zero attached hydrogens (tertiary/aromatic N) is 3. The minimum Gasteiger partial charge on any atom is -0.375 e. The molecule has 108 valence electrons. The average Bonchev–Trinajstić information content (AvgIpc) is 2.93. The molecule has 0 aliphatic carbocycles. The van der Waals surface area contributed by atoms with Crippen LogP contribution in [0.1, 0.15) is 47.3 Å². The largest absolute Gasteiger partial charge is 0.375 e. The number of amides is 1. The van der Waals surface area contributed by atoms with Gasteiger partial charge in [-0.3, -0.25) is 9.48 Å². The quantitative estimate of drug-likeness (QED) is 0.903. The molecule has 6 nitrogen and oxygen atoms in total. The molecule has 2 aromatic heterocycles. The van der Waals surface area contributed by atoms with E-state index in [1.807, 2.05) is 32.4 Å². The van der Waals surface area contributed by atoms with Gasteiger partial charge < -0.3 is 11.1 Å². The smallest absolute Gasteiger partial charge is 0.271 e. The number of hydrogen-bond acceptors (Lipinski definition) is 5. The van der Waals surface area contributed by atoms with Crippen LogP contribution in [0.2, 0.25) is 0 Å². The lowest BCUT2D eigenvalue weighted by Gasteiger charge is -2.14. The van der Waals surface area contributed by atoms with Gasteiger partial charge in [-0.05, 0) is 27.7 Å². The number of nitrogens with one attached hydrogen (secondary N) is 1. The average molecular weight is 293 g/mol. The lowest BCUT2D eigenvalue weighted by atomic mass is 10.1. The van der Waals surface area contributed by atoms with Crippen LogP contribution in [0.3, 0.4) is 0 Å². The van der Waals surface area contributed by atoms with Crippen LogP contribution in [-0.2, 0) is 6.54 Å². The van der Waals surface area contributed by atoms with Gasteiger partial charge in [-0.2, -0.15) is 5.10 Å². The molecule has 2 aromatic rings. The van der Waals surface area contributed by atoms with E-state index in [0.29, 0.717) is 10.8 Å². The van der Waals surface area contributed by atoms with E-state index >= 15 is 0 Å². The maximum atomic E-state index is 12.1. The molecule has 7 heteroatoms. The molecule has 0 aliphatic heterocycles. The number of thiazole rings is 1. The van der Waals surface area contributed by atoms with Crippen molar-refractivity contribution in [1.29, 1.82) is 0 Å².